The number of hydrogen-bond donors (Lipinski definition) is 1. The minimum Gasteiger partial charge on any atom is -0.489 e. The molecule has 25 heavy (non-hydrogen) atoms. The summed E-state index contributed by atoms with van der Waals surface area (Å²) >= 11 is 3.47. The first kappa shape index (κ1) is 18.0. The van der Waals surface area contributed by atoms with Crippen molar-refractivity contribution in [3.05, 3.63) is 64.1 Å². The fraction of sp³-hybridized carbons (Fsp3) is 0.350. The number of amides is 1. The summed E-state index contributed by atoms with van der Waals surface area (Å²) in [6.07, 6.45) is 0.889. The topological polar surface area (TPSA) is 41.6 Å². The highest BCUT2D eigenvalue weighted by molar-refractivity contribution is 9.10. The van der Waals surface area contributed by atoms with E-state index in [0.29, 0.717) is 6.61 Å². The average Bonchev–Trinajstić information content (AvgIpc) is 3.05. The number of ether oxygens (including phenoxy) is 1. The molecule has 0 aromatic heterocycles. The maximum atomic E-state index is 11.9. The normalized spacial score (nSPS) is 16.9. The summed E-state index contributed by atoms with van der Waals surface area (Å²) in [6.45, 7) is 5.06. The Bertz CT molecular complexity index is 718. The second kappa shape index (κ2) is 8.50. The van der Waals surface area contributed by atoms with Crippen LogP contribution in [0.25, 0.3) is 0 Å². The number of rotatable bonds is 7. The average molecular weight is 403 g/mol. The van der Waals surface area contributed by atoms with Gasteiger partial charge in [-0.2, -0.15) is 0 Å². The van der Waals surface area contributed by atoms with Gasteiger partial charge in [-0.1, -0.05) is 47.1 Å². The van der Waals surface area contributed by atoms with E-state index in [1.165, 1.54) is 5.56 Å². The Labute approximate surface area is 157 Å². The SMILES string of the molecule is CCN(Cc1ccc(OCc2cccc(Br)c2)cc1)C1CCNC1=O. The molecule has 5 heteroatoms. The molecular formula is C20H23BrN2O2. The fourth-order valence-corrected chi connectivity index (χ4v) is 3.54. The molecule has 1 N–H and O–H groups in total. The molecule has 1 unspecified atom stereocenters. The van der Waals surface area contributed by atoms with Crippen molar-refractivity contribution in [3.63, 3.8) is 0 Å². The largest absolute Gasteiger partial charge is 0.489 e. The molecule has 1 fully saturated rings. The number of carbonyl (C=O) groups excluding carboxylic acids is 1. The summed E-state index contributed by atoms with van der Waals surface area (Å²) < 4.78 is 6.91. The summed E-state index contributed by atoms with van der Waals surface area (Å²) in [5.41, 5.74) is 2.32. The first-order valence-electron chi connectivity index (χ1n) is 8.63. The number of halogens is 1. The van der Waals surface area contributed by atoms with Crippen LogP contribution in [0.3, 0.4) is 0 Å². The third kappa shape index (κ3) is 4.83. The number of benzene rings is 2. The molecule has 1 heterocycles. The highest BCUT2D eigenvalue weighted by atomic mass is 79.9. The molecule has 1 atom stereocenters. The first-order chi connectivity index (χ1) is 12.2. The van der Waals surface area contributed by atoms with Crippen molar-refractivity contribution in [1.82, 2.24) is 10.2 Å². The maximum absolute atomic E-state index is 11.9. The van der Waals surface area contributed by atoms with Crippen molar-refractivity contribution in [2.24, 2.45) is 0 Å². The number of carbonyl (C=O) groups is 1. The second-order valence-electron chi connectivity index (χ2n) is 6.22. The number of likely N-dealkylation sites (N-methyl/N-ethyl adjacent to an activating group) is 1. The van der Waals surface area contributed by atoms with Crippen LogP contribution in [0.5, 0.6) is 5.75 Å². The van der Waals surface area contributed by atoms with Crippen LogP contribution in [0.4, 0.5) is 0 Å². The molecule has 0 saturated carbocycles. The zero-order valence-corrected chi connectivity index (χ0v) is 16.0. The molecule has 1 saturated heterocycles. The Balaban J connectivity index is 1.57. The lowest BCUT2D eigenvalue weighted by molar-refractivity contribution is -0.123. The molecule has 0 aliphatic carbocycles. The highest BCUT2D eigenvalue weighted by Crippen LogP contribution is 2.19. The number of nitrogens with zero attached hydrogens (tertiary/aromatic N) is 1. The van der Waals surface area contributed by atoms with E-state index < -0.39 is 0 Å². The van der Waals surface area contributed by atoms with E-state index in [1.54, 1.807) is 0 Å². The second-order valence-corrected chi connectivity index (χ2v) is 7.14. The summed E-state index contributed by atoms with van der Waals surface area (Å²) in [4.78, 5) is 14.1. The Kier molecular flexibility index (Phi) is 6.10. The van der Waals surface area contributed by atoms with E-state index in [9.17, 15) is 4.79 Å². The van der Waals surface area contributed by atoms with Gasteiger partial charge in [0.15, 0.2) is 0 Å². The number of nitrogens with one attached hydrogen (secondary N) is 1. The van der Waals surface area contributed by atoms with Crippen LogP contribution in [-0.4, -0.2) is 29.9 Å². The van der Waals surface area contributed by atoms with Crippen molar-refractivity contribution in [3.8, 4) is 5.75 Å². The summed E-state index contributed by atoms with van der Waals surface area (Å²) in [7, 11) is 0. The van der Waals surface area contributed by atoms with Gasteiger partial charge in [-0.15, -0.1) is 0 Å². The predicted molar refractivity (Wildman–Crippen MR) is 102 cm³/mol. The van der Waals surface area contributed by atoms with Crippen LogP contribution in [-0.2, 0) is 17.9 Å². The van der Waals surface area contributed by atoms with Crippen LogP contribution >= 0.6 is 15.9 Å². The van der Waals surface area contributed by atoms with Crippen LogP contribution in [0.15, 0.2) is 53.0 Å². The zero-order chi connectivity index (χ0) is 17.6. The maximum Gasteiger partial charge on any atom is 0.237 e. The van der Waals surface area contributed by atoms with Crippen molar-refractivity contribution in [2.75, 3.05) is 13.1 Å². The molecule has 2 aromatic carbocycles. The molecule has 0 radical (unpaired) electrons. The van der Waals surface area contributed by atoms with Crippen molar-refractivity contribution in [2.45, 2.75) is 32.5 Å². The molecule has 0 bridgehead atoms. The molecule has 1 aliphatic heterocycles. The van der Waals surface area contributed by atoms with E-state index in [4.69, 9.17) is 4.74 Å². The zero-order valence-electron chi connectivity index (χ0n) is 14.4. The van der Waals surface area contributed by atoms with Gasteiger partial charge in [0.05, 0.1) is 6.04 Å². The first-order valence-corrected chi connectivity index (χ1v) is 9.43. The lowest BCUT2D eigenvalue weighted by atomic mass is 10.1. The summed E-state index contributed by atoms with van der Waals surface area (Å²) in [5, 5.41) is 2.91. The predicted octanol–water partition coefficient (Wildman–Crippen LogP) is 3.74. The van der Waals surface area contributed by atoms with Crippen molar-refractivity contribution in [1.29, 1.82) is 0 Å². The van der Waals surface area contributed by atoms with Crippen molar-refractivity contribution >= 4 is 21.8 Å². The number of hydrogen-bond acceptors (Lipinski definition) is 3. The molecular weight excluding hydrogens is 380 g/mol. The Morgan fingerprint density at radius 3 is 2.64 bits per heavy atom. The van der Waals surface area contributed by atoms with Gasteiger partial charge in [-0.05, 0) is 48.4 Å². The smallest absolute Gasteiger partial charge is 0.237 e. The highest BCUT2D eigenvalue weighted by Gasteiger charge is 2.29. The van der Waals surface area contributed by atoms with E-state index in [-0.39, 0.29) is 11.9 Å². The van der Waals surface area contributed by atoms with Crippen LogP contribution in [0.2, 0.25) is 0 Å². The fourth-order valence-electron chi connectivity index (χ4n) is 3.09. The lowest BCUT2D eigenvalue weighted by Gasteiger charge is -2.25. The molecule has 3 rings (SSSR count). The van der Waals surface area contributed by atoms with Gasteiger partial charge in [0.25, 0.3) is 0 Å². The van der Waals surface area contributed by atoms with Gasteiger partial charge in [0.2, 0.25) is 5.91 Å². The van der Waals surface area contributed by atoms with Crippen molar-refractivity contribution < 1.29 is 9.53 Å². The third-order valence-corrected chi connectivity index (χ3v) is 4.96. The van der Waals surface area contributed by atoms with E-state index in [1.807, 2.05) is 30.3 Å². The van der Waals surface area contributed by atoms with Crippen LogP contribution in [0, 0.1) is 0 Å². The van der Waals surface area contributed by atoms with Gasteiger partial charge < -0.3 is 10.1 Å². The minimum absolute atomic E-state index is 0.00236. The van der Waals surface area contributed by atoms with Gasteiger partial charge in [0.1, 0.15) is 12.4 Å². The van der Waals surface area contributed by atoms with Gasteiger partial charge in [-0.25, -0.2) is 0 Å². The van der Waals surface area contributed by atoms with Crippen LogP contribution < -0.4 is 10.1 Å². The monoisotopic (exact) mass is 402 g/mol. The van der Waals surface area contributed by atoms with E-state index in [2.05, 4.69) is 51.3 Å². The Morgan fingerprint density at radius 1 is 1.20 bits per heavy atom. The molecule has 0 spiro atoms. The van der Waals surface area contributed by atoms with E-state index >= 15 is 0 Å². The van der Waals surface area contributed by atoms with Crippen LogP contribution in [0.1, 0.15) is 24.5 Å². The summed E-state index contributed by atoms with van der Waals surface area (Å²) in [5.74, 6) is 1.00. The molecule has 132 valence electrons. The Hall–Kier alpha value is -1.85. The van der Waals surface area contributed by atoms with Gasteiger partial charge >= 0.3 is 0 Å². The Morgan fingerprint density at radius 2 is 2.00 bits per heavy atom. The lowest BCUT2D eigenvalue weighted by Crippen LogP contribution is -2.40. The molecule has 4 nitrogen and oxygen atoms in total. The molecule has 1 amide bonds. The minimum atomic E-state index is -0.00236. The quantitative estimate of drug-likeness (QED) is 0.766. The molecule has 2 aromatic rings. The van der Waals surface area contributed by atoms with Gasteiger partial charge in [-0.3, -0.25) is 9.69 Å². The summed E-state index contributed by atoms with van der Waals surface area (Å²) in [6, 6.07) is 16.2. The molecule has 1 aliphatic rings. The van der Waals surface area contributed by atoms with Gasteiger partial charge in [0, 0.05) is 17.6 Å². The third-order valence-electron chi connectivity index (χ3n) is 4.47. The standard InChI is InChI=1S/C20H23BrN2O2/c1-2-23(19-10-11-22-20(19)24)13-15-6-8-18(9-7-15)25-14-16-4-3-5-17(21)12-16/h3-9,12,19H,2,10-11,13-14H2,1H3,(H,22,24). The van der Waals surface area contributed by atoms with E-state index in [0.717, 1.165) is 41.8 Å².